The van der Waals surface area contributed by atoms with Gasteiger partial charge in [-0.2, -0.15) is 0 Å². The van der Waals surface area contributed by atoms with Gasteiger partial charge in [-0.15, -0.1) is 0 Å². The van der Waals surface area contributed by atoms with E-state index in [1.165, 1.54) is 5.56 Å². The molecule has 0 unspecified atom stereocenters. The maximum atomic E-state index is 12.3. The van der Waals surface area contributed by atoms with Crippen LogP contribution in [-0.4, -0.2) is 55.5 Å². The number of piperazine rings is 1. The Kier molecular flexibility index (Phi) is 5.73. The first-order chi connectivity index (χ1) is 13.7. The molecular formula is C20H22ClN3O4. The predicted octanol–water partition coefficient (Wildman–Crippen LogP) is 2.93. The van der Waals surface area contributed by atoms with Gasteiger partial charge in [0.15, 0.2) is 18.2 Å². The van der Waals surface area contributed by atoms with Crippen molar-refractivity contribution >= 4 is 17.6 Å². The van der Waals surface area contributed by atoms with E-state index in [1.54, 1.807) is 29.2 Å². The summed E-state index contributed by atoms with van der Waals surface area (Å²) in [6.45, 7) is 4.23. The first-order valence-corrected chi connectivity index (χ1v) is 9.57. The minimum absolute atomic E-state index is 0.114. The third kappa shape index (κ3) is 4.61. The lowest BCUT2D eigenvalue weighted by atomic mass is 10.1. The van der Waals surface area contributed by atoms with Gasteiger partial charge in [-0.25, -0.2) is 4.79 Å². The van der Waals surface area contributed by atoms with Crippen LogP contribution in [0.2, 0.25) is 5.02 Å². The van der Waals surface area contributed by atoms with Crippen LogP contribution >= 0.6 is 11.6 Å². The maximum absolute atomic E-state index is 12.3. The van der Waals surface area contributed by atoms with Crippen LogP contribution in [0, 0.1) is 0 Å². The van der Waals surface area contributed by atoms with Crippen LogP contribution in [0.25, 0.3) is 0 Å². The van der Waals surface area contributed by atoms with Gasteiger partial charge in [-0.3, -0.25) is 4.90 Å². The first kappa shape index (κ1) is 18.7. The Morgan fingerprint density at radius 2 is 1.79 bits per heavy atom. The van der Waals surface area contributed by atoms with E-state index >= 15 is 0 Å². The average Bonchev–Trinajstić information content (AvgIpc) is 3.18. The second-order valence-corrected chi connectivity index (χ2v) is 7.11. The Bertz CT molecular complexity index is 823. The number of carbonyl (C=O) groups is 1. The van der Waals surface area contributed by atoms with Gasteiger partial charge in [0.1, 0.15) is 5.75 Å². The third-order valence-electron chi connectivity index (χ3n) is 4.78. The fraction of sp³-hybridized carbons (Fsp3) is 0.350. The lowest BCUT2D eigenvalue weighted by Crippen LogP contribution is -2.51. The van der Waals surface area contributed by atoms with Gasteiger partial charge in [-0.05, 0) is 42.0 Å². The third-order valence-corrected chi connectivity index (χ3v) is 5.03. The number of nitrogens with one attached hydrogen (secondary N) is 1. The molecule has 2 aromatic rings. The van der Waals surface area contributed by atoms with Crippen LogP contribution in [0.1, 0.15) is 5.56 Å². The number of nitrogens with zero attached hydrogens (tertiary/aromatic N) is 2. The minimum Gasteiger partial charge on any atom is -0.473 e. The Balaban J connectivity index is 1.19. The number of amides is 2. The van der Waals surface area contributed by atoms with Crippen molar-refractivity contribution < 1.29 is 19.0 Å². The fourth-order valence-corrected chi connectivity index (χ4v) is 3.36. The molecule has 2 aliphatic rings. The largest absolute Gasteiger partial charge is 0.473 e. The normalized spacial score (nSPS) is 16.1. The van der Waals surface area contributed by atoms with Crippen molar-refractivity contribution in [1.82, 2.24) is 15.1 Å². The summed E-state index contributed by atoms with van der Waals surface area (Å²) >= 11 is 5.84. The summed E-state index contributed by atoms with van der Waals surface area (Å²) in [5.41, 5.74) is 1.18. The van der Waals surface area contributed by atoms with E-state index in [0.29, 0.717) is 23.9 Å². The van der Waals surface area contributed by atoms with Crippen molar-refractivity contribution in [1.29, 1.82) is 0 Å². The summed E-state index contributed by atoms with van der Waals surface area (Å²) in [6, 6.07) is 12.9. The molecule has 8 heteroatoms. The van der Waals surface area contributed by atoms with Gasteiger partial charge in [0.2, 0.25) is 6.79 Å². The van der Waals surface area contributed by atoms with Gasteiger partial charge in [0.25, 0.3) is 0 Å². The molecule has 0 saturated carbocycles. The van der Waals surface area contributed by atoms with E-state index < -0.39 is 0 Å². The molecule has 1 fully saturated rings. The topological polar surface area (TPSA) is 63.3 Å². The second-order valence-electron chi connectivity index (χ2n) is 6.68. The molecule has 7 nitrogen and oxygen atoms in total. The summed E-state index contributed by atoms with van der Waals surface area (Å²) in [7, 11) is 0. The molecule has 1 saturated heterocycles. The van der Waals surface area contributed by atoms with E-state index in [2.05, 4.69) is 16.3 Å². The van der Waals surface area contributed by atoms with Crippen LogP contribution in [-0.2, 0) is 6.54 Å². The molecule has 1 N–H and O–H groups in total. The Morgan fingerprint density at radius 1 is 1.04 bits per heavy atom. The Hall–Kier alpha value is -2.64. The number of benzene rings is 2. The average molecular weight is 404 g/mol. The first-order valence-electron chi connectivity index (χ1n) is 9.19. The molecule has 0 bridgehead atoms. The van der Waals surface area contributed by atoms with Crippen molar-refractivity contribution in [2.45, 2.75) is 6.54 Å². The van der Waals surface area contributed by atoms with Gasteiger partial charge in [0, 0.05) is 37.7 Å². The molecule has 0 spiro atoms. The Labute approximate surface area is 168 Å². The zero-order chi connectivity index (χ0) is 19.3. The molecule has 0 atom stereocenters. The molecule has 0 aromatic heterocycles. The summed E-state index contributed by atoms with van der Waals surface area (Å²) in [5.74, 6) is 2.26. The summed E-state index contributed by atoms with van der Waals surface area (Å²) in [5, 5.41) is 3.44. The van der Waals surface area contributed by atoms with E-state index in [1.807, 2.05) is 12.1 Å². The number of hydrogen-bond acceptors (Lipinski definition) is 5. The zero-order valence-corrected chi connectivity index (χ0v) is 16.2. The molecule has 2 aromatic carbocycles. The van der Waals surface area contributed by atoms with Crippen molar-refractivity contribution in [2.24, 2.45) is 0 Å². The summed E-state index contributed by atoms with van der Waals surface area (Å²) in [6.07, 6.45) is 0. The summed E-state index contributed by atoms with van der Waals surface area (Å²) in [4.78, 5) is 16.4. The van der Waals surface area contributed by atoms with Gasteiger partial charge < -0.3 is 24.4 Å². The number of carbonyl (C=O) groups excluding carboxylic acids is 1. The predicted molar refractivity (Wildman–Crippen MR) is 105 cm³/mol. The van der Waals surface area contributed by atoms with Crippen molar-refractivity contribution in [2.75, 3.05) is 39.7 Å². The molecule has 2 heterocycles. The van der Waals surface area contributed by atoms with Gasteiger partial charge >= 0.3 is 6.03 Å². The zero-order valence-electron chi connectivity index (χ0n) is 15.4. The van der Waals surface area contributed by atoms with Crippen molar-refractivity contribution in [3.05, 3.63) is 53.1 Å². The van der Waals surface area contributed by atoms with E-state index in [0.717, 1.165) is 31.1 Å². The minimum atomic E-state index is -0.114. The number of ether oxygens (including phenoxy) is 3. The smallest absolute Gasteiger partial charge is 0.320 e. The van der Waals surface area contributed by atoms with Crippen molar-refractivity contribution in [3.8, 4) is 17.2 Å². The summed E-state index contributed by atoms with van der Waals surface area (Å²) < 4.78 is 16.3. The highest BCUT2D eigenvalue weighted by atomic mass is 35.5. The number of hydrogen-bond donors (Lipinski definition) is 1. The second kappa shape index (κ2) is 8.58. The van der Waals surface area contributed by atoms with Crippen LogP contribution < -0.4 is 19.5 Å². The van der Waals surface area contributed by atoms with Crippen LogP contribution in [0.3, 0.4) is 0 Å². The molecular weight excluding hydrogens is 382 g/mol. The number of rotatable bonds is 5. The van der Waals surface area contributed by atoms with Gasteiger partial charge in [0.05, 0.1) is 0 Å². The molecule has 2 aliphatic heterocycles. The molecule has 28 heavy (non-hydrogen) atoms. The number of urea groups is 1. The molecule has 2 amide bonds. The highest BCUT2D eigenvalue weighted by Crippen LogP contribution is 2.32. The maximum Gasteiger partial charge on any atom is 0.320 e. The van der Waals surface area contributed by atoms with E-state index in [9.17, 15) is 4.79 Å². The number of halogens is 1. The van der Waals surface area contributed by atoms with Gasteiger partial charge in [-0.1, -0.05) is 17.7 Å². The SMILES string of the molecule is O=C(NCOc1ccc(Cl)cc1)N1CCN(Cc2ccc3c(c2)OCO3)CC1. The van der Waals surface area contributed by atoms with E-state index in [-0.39, 0.29) is 19.6 Å². The van der Waals surface area contributed by atoms with E-state index in [4.69, 9.17) is 25.8 Å². The lowest BCUT2D eigenvalue weighted by molar-refractivity contribution is 0.130. The number of fused-ring (bicyclic) bond motifs is 1. The van der Waals surface area contributed by atoms with Crippen LogP contribution in [0.15, 0.2) is 42.5 Å². The highest BCUT2D eigenvalue weighted by molar-refractivity contribution is 6.30. The fourth-order valence-electron chi connectivity index (χ4n) is 3.23. The molecule has 148 valence electrons. The molecule has 4 rings (SSSR count). The highest BCUT2D eigenvalue weighted by Gasteiger charge is 2.22. The monoisotopic (exact) mass is 403 g/mol. The standard InChI is InChI=1S/C20H22ClN3O4/c21-16-2-4-17(5-3-16)26-13-22-20(25)24-9-7-23(8-10-24)12-15-1-6-18-19(11-15)28-14-27-18/h1-6,11H,7-10,12-14H2,(H,22,25). The Morgan fingerprint density at radius 3 is 2.57 bits per heavy atom. The van der Waals surface area contributed by atoms with Crippen molar-refractivity contribution in [3.63, 3.8) is 0 Å². The lowest BCUT2D eigenvalue weighted by Gasteiger charge is -2.34. The molecule has 0 aliphatic carbocycles. The molecule has 0 radical (unpaired) electrons. The quantitative estimate of drug-likeness (QED) is 0.778. The van der Waals surface area contributed by atoms with Crippen LogP contribution in [0.4, 0.5) is 4.79 Å². The van der Waals surface area contributed by atoms with Crippen LogP contribution in [0.5, 0.6) is 17.2 Å².